The van der Waals surface area contributed by atoms with E-state index in [1.807, 2.05) is 12.1 Å². The number of hydrogen-bond acceptors (Lipinski definition) is 4. The van der Waals surface area contributed by atoms with Crippen LogP contribution in [0.3, 0.4) is 0 Å². The van der Waals surface area contributed by atoms with E-state index in [0.717, 1.165) is 24.9 Å². The van der Waals surface area contributed by atoms with Gasteiger partial charge in [0.1, 0.15) is 0 Å². The molecule has 4 rings (SSSR count). The lowest BCUT2D eigenvalue weighted by molar-refractivity contribution is -0.136. The van der Waals surface area contributed by atoms with Crippen molar-refractivity contribution >= 4 is 17.6 Å². The molecule has 1 saturated heterocycles. The number of benzene rings is 2. The predicted molar refractivity (Wildman–Crippen MR) is 121 cm³/mol. The van der Waals surface area contributed by atoms with Gasteiger partial charge in [-0.05, 0) is 59.9 Å². The van der Waals surface area contributed by atoms with Crippen LogP contribution in [0.25, 0.3) is 0 Å². The van der Waals surface area contributed by atoms with Crippen molar-refractivity contribution in [3.8, 4) is 0 Å². The molecule has 2 aromatic rings. The molecule has 1 aliphatic carbocycles. The number of para-hydroxylation sites is 1. The van der Waals surface area contributed by atoms with Crippen LogP contribution in [-0.4, -0.2) is 29.6 Å². The molecule has 0 aromatic heterocycles. The number of anilines is 1. The molecule has 2 aliphatic rings. The topological polar surface area (TPSA) is 104 Å². The third-order valence-corrected chi connectivity index (χ3v) is 6.97. The number of aliphatic carboxylic acids is 1. The number of carbonyl (C=O) groups is 2. The molecular weight excluding hydrogens is 390 g/mol. The average molecular weight is 422 g/mol. The number of nitrogens with one attached hydrogen (secondary N) is 2. The van der Waals surface area contributed by atoms with E-state index in [9.17, 15) is 14.7 Å². The Balaban J connectivity index is 1.57. The molecule has 6 nitrogen and oxygen atoms in total. The highest BCUT2D eigenvalue weighted by atomic mass is 16.4. The first kappa shape index (κ1) is 21.5. The van der Waals surface area contributed by atoms with E-state index < -0.39 is 5.97 Å². The van der Waals surface area contributed by atoms with Crippen molar-refractivity contribution in [1.82, 2.24) is 5.32 Å². The highest BCUT2D eigenvalue weighted by molar-refractivity contribution is 5.94. The fraction of sp³-hybridized carbons (Fsp3) is 0.440. The van der Waals surface area contributed by atoms with Crippen LogP contribution in [0.2, 0.25) is 0 Å². The van der Waals surface area contributed by atoms with Crippen LogP contribution in [0.15, 0.2) is 48.5 Å². The summed E-state index contributed by atoms with van der Waals surface area (Å²) in [6.45, 7) is 3.77. The van der Waals surface area contributed by atoms with E-state index in [2.05, 4.69) is 35.8 Å². The van der Waals surface area contributed by atoms with Crippen molar-refractivity contribution in [1.29, 1.82) is 0 Å². The minimum absolute atomic E-state index is 0.0300. The van der Waals surface area contributed by atoms with E-state index in [-0.39, 0.29) is 18.2 Å². The summed E-state index contributed by atoms with van der Waals surface area (Å²) < 4.78 is 0. The van der Waals surface area contributed by atoms with Gasteiger partial charge in [-0.2, -0.15) is 0 Å². The lowest BCUT2D eigenvalue weighted by Crippen LogP contribution is -2.42. The summed E-state index contributed by atoms with van der Waals surface area (Å²) in [6.07, 6.45) is 1.47. The fourth-order valence-corrected chi connectivity index (χ4v) is 5.51. The van der Waals surface area contributed by atoms with Crippen molar-refractivity contribution in [3.05, 3.63) is 65.2 Å². The molecule has 2 aromatic carbocycles. The van der Waals surface area contributed by atoms with E-state index >= 15 is 0 Å². The van der Waals surface area contributed by atoms with Crippen LogP contribution in [-0.2, 0) is 22.6 Å². The molecule has 1 amide bonds. The van der Waals surface area contributed by atoms with Crippen molar-refractivity contribution in [2.45, 2.75) is 44.7 Å². The maximum atomic E-state index is 13.3. The van der Waals surface area contributed by atoms with Crippen molar-refractivity contribution < 1.29 is 14.7 Å². The first-order valence-electron chi connectivity index (χ1n) is 11.1. The maximum absolute atomic E-state index is 13.3. The van der Waals surface area contributed by atoms with Crippen LogP contribution in [0.5, 0.6) is 0 Å². The normalized spacial score (nSPS) is 27.5. The number of hydrogen-bond donors (Lipinski definition) is 4. The van der Waals surface area contributed by atoms with Crippen LogP contribution >= 0.6 is 0 Å². The van der Waals surface area contributed by atoms with Gasteiger partial charge in [0, 0.05) is 24.2 Å². The maximum Gasteiger partial charge on any atom is 0.307 e. The molecule has 5 N–H and O–H groups in total. The standard InChI is InChI=1S/C25H31N3O3/c1-15-14-27-22-11-19(10-20(24(15)22)17-7-4-5-16(9-17)13-26)25(31)28-21-8-3-2-6-18(21)12-23(29)30/h2-9,15,19-20,22,24,27H,10-14,26H2,1H3,(H,28,31)(H,29,30). The Morgan fingerprint density at radius 1 is 1.16 bits per heavy atom. The zero-order chi connectivity index (χ0) is 22.0. The third-order valence-electron chi connectivity index (χ3n) is 6.97. The Bertz CT molecular complexity index is 961. The Kier molecular flexibility index (Phi) is 6.39. The van der Waals surface area contributed by atoms with Gasteiger partial charge < -0.3 is 21.5 Å². The molecule has 5 atom stereocenters. The summed E-state index contributed by atoms with van der Waals surface area (Å²) in [5.41, 5.74) is 9.46. The Morgan fingerprint density at radius 2 is 1.97 bits per heavy atom. The Labute approximate surface area is 183 Å². The molecular formula is C25H31N3O3. The first-order valence-corrected chi connectivity index (χ1v) is 11.1. The second-order valence-electron chi connectivity index (χ2n) is 9.01. The number of nitrogens with two attached hydrogens (primary N) is 1. The van der Waals surface area contributed by atoms with Crippen molar-refractivity contribution in [2.75, 3.05) is 11.9 Å². The average Bonchev–Trinajstić information content (AvgIpc) is 3.15. The molecule has 1 saturated carbocycles. The summed E-state index contributed by atoms with van der Waals surface area (Å²) in [4.78, 5) is 24.5. The van der Waals surface area contributed by atoms with Crippen LogP contribution in [0.1, 0.15) is 42.4 Å². The molecule has 0 spiro atoms. The minimum Gasteiger partial charge on any atom is -0.481 e. The molecule has 164 valence electrons. The quantitative estimate of drug-likeness (QED) is 0.574. The molecule has 1 heterocycles. The van der Waals surface area contributed by atoms with Crippen molar-refractivity contribution in [2.24, 2.45) is 23.5 Å². The highest BCUT2D eigenvalue weighted by Gasteiger charge is 2.46. The van der Waals surface area contributed by atoms with Gasteiger partial charge in [-0.3, -0.25) is 9.59 Å². The summed E-state index contributed by atoms with van der Waals surface area (Å²) in [6, 6.07) is 15.9. The van der Waals surface area contributed by atoms with Crippen LogP contribution < -0.4 is 16.4 Å². The number of carbonyl (C=O) groups excluding carboxylic acids is 1. The van der Waals surface area contributed by atoms with E-state index in [1.165, 1.54) is 5.56 Å². The number of amides is 1. The summed E-state index contributed by atoms with van der Waals surface area (Å²) in [5, 5.41) is 15.8. The Hall–Kier alpha value is -2.70. The van der Waals surface area contributed by atoms with Gasteiger partial charge in [0.05, 0.1) is 6.42 Å². The smallest absolute Gasteiger partial charge is 0.307 e. The second-order valence-corrected chi connectivity index (χ2v) is 9.01. The molecule has 1 aliphatic heterocycles. The van der Waals surface area contributed by atoms with E-state index in [4.69, 9.17) is 5.73 Å². The number of rotatable bonds is 6. The van der Waals surface area contributed by atoms with E-state index in [1.54, 1.807) is 18.2 Å². The molecule has 2 fully saturated rings. The summed E-state index contributed by atoms with van der Waals surface area (Å²) >= 11 is 0. The first-order chi connectivity index (χ1) is 15.0. The van der Waals surface area contributed by atoms with Gasteiger partial charge >= 0.3 is 5.97 Å². The monoisotopic (exact) mass is 421 g/mol. The lowest BCUT2D eigenvalue weighted by atomic mass is 9.66. The second kappa shape index (κ2) is 9.20. The highest BCUT2D eigenvalue weighted by Crippen LogP contribution is 2.47. The fourth-order valence-electron chi connectivity index (χ4n) is 5.51. The van der Waals surface area contributed by atoms with Gasteiger partial charge in [0.2, 0.25) is 5.91 Å². The third kappa shape index (κ3) is 4.65. The van der Waals surface area contributed by atoms with Crippen LogP contribution in [0.4, 0.5) is 5.69 Å². The summed E-state index contributed by atoms with van der Waals surface area (Å²) in [5.74, 6) is 0.265. The zero-order valence-electron chi connectivity index (χ0n) is 17.9. The number of carboxylic acid groups (broad SMARTS) is 1. The SMILES string of the molecule is CC1CNC2CC(C(=O)Nc3ccccc3CC(=O)O)CC(c3cccc(CN)c3)C12. The van der Waals surface area contributed by atoms with Crippen molar-refractivity contribution in [3.63, 3.8) is 0 Å². The molecule has 31 heavy (non-hydrogen) atoms. The van der Waals surface area contributed by atoms with Gasteiger partial charge in [-0.15, -0.1) is 0 Å². The molecule has 0 bridgehead atoms. The van der Waals surface area contributed by atoms with Gasteiger partial charge in [-0.25, -0.2) is 0 Å². The predicted octanol–water partition coefficient (Wildman–Crippen LogP) is 3.13. The van der Waals surface area contributed by atoms with Gasteiger partial charge in [0.25, 0.3) is 0 Å². The summed E-state index contributed by atoms with van der Waals surface area (Å²) in [7, 11) is 0. The minimum atomic E-state index is -0.911. The lowest BCUT2D eigenvalue weighted by Gasteiger charge is -2.40. The molecule has 0 radical (unpaired) electrons. The van der Waals surface area contributed by atoms with Gasteiger partial charge in [0.15, 0.2) is 0 Å². The van der Waals surface area contributed by atoms with E-state index in [0.29, 0.717) is 41.6 Å². The molecule has 6 heteroatoms. The Morgan fingerprint density at radius 3 is 2.74 bits per heavy atom. The van der Waals surface area contributed by atoms with Gasteiger partial charge in [-0.1, -0.05) is 49.4 Å². The largest absolute Gasteiger partial charge is 0.481 e. The number of fused-ring (bicyclic) bond motifs is 1. The number of carboxylic acids is 1. The van der Waals surface area contributed by atoms with Crippen LogP contribution in [0, 0.1) is 17.8 Å². The molecule has 5 unspecified atom stereocenters. The zero-order valence-corrected chi connectivity index (χ0v) is 17.9.